The van der Waals surface area contributed by atoms with Crippen LogP contribution < -0.4 is 5.32 Å². The SMILES string of the molecule is CC/C=C\C/C=C\C/C=C\C/C=C\C/C=C\C/C=C\C/C=C\C/C=C\C/C=C\CCCCCCCCCC(=O)NC(CO)C(O)CCCCCC. The molecule has 3 N–H and O–H groups in total. The molecule has 0 aromatic rings. The second-order valence-corrected chi connectivity index (χ2v) is 13.3. The molecule has 0 radical (unpaired) electrons. The molecule has 4 nitrogen and oxygen atoms in total. The van der Waals surface area contributed by atoms with E-state index in [9.17, 15) is 15.0 Å². The smallest absolute Gasteiger partial charge is 0.220 e. The second kappa shape index (κ2) is 41.5. The first-order valence-corrected chi connectivity index (χ1v) is 20.6. The van der Waals surface area contributed by atoms with Crippen LogP contribution in [0.25, 0.3) is 0 Å². The third kappa shape index (κ3) is 38.1. The molecule has 0 aliphatic rings. The number of amides is 1. The second-order valence-electron chi connectivity index (χ2n) is 13.3. The highest BCUT2D eigenvalue weighted by molar-refractivity contribution is 5.76. The molecule has 0 aliphatic heterocycles. The monoisotopic (exact) mass is 704 g/mol. The van der Waals surface area contributed by atoms with Gasteiger partial charge >= 0.3 is 0 Å². The highest BCUT2D eigenvalue weighted by Gasteiger charge is 2.19. The van der Waals surface area contributed by atoms with Crippen molar-refractivity contribution in [1.29, 1.82) is 0 Å². The van der Waals surface area contributed by atoms with E-state index in [0.29, 0.717) is 12.8 Å². The summed E-state index contributed by atoms with van der Waals surface area (Å²) < 4.78 is 0. The number of allylic oxidation sites excluding steroid dienone is 18. The summed E-state index contributed by atoms with van der Waals surface area (Å²) in [7, 11) is 0. The van der Waals surface area contributed by atoms with Crippen LogP contribution in [0, 0.1) is 0 Å². The van der Waals surface area contributed by atoms with Crippen LogP contribution in [-0.4, -0.2) is 34.9 Å². The van der Waals surface area contributed by atoms with Gasteiger partial charge in [0.15, 0.2) is 0 Å². The Balaban J connectivity index is 3.61. The lowest BCUT2D eigenvalue weighted by Crippen LogP contribution is -2.45. The summed E-state index contributed by atoms with van der Waals surface area (Å²) in [6.45, 7) is 4.11. The molecule has 0 aliphatic carbocycles. The van der Waals surface area contributed by atoms with E-state index >= 15 is 0 Å². The normalized spacial score (nSPS) is 14.2. The van der Waals surface area contributed by atoms with Crippen molar-refractivity contribution in [1.82, 2.24) is 5.32 Å². The molecule has 0 bridgehead atoms. The zero-order chi connectivity index (χ0) is 37.1. The summed E-state index contributed by atoms with van der Waals surface area (Å²) in [6, 6.07) is -0.545. The van der Waals surface area contributed by atoms with E-state index in [4.69, 9.17) is 0 Å². The van der Waals surface area contributed by atoms with Gasteiger partial charge in [-0.25, -0.2) is 0 Å². The van der Waals surface area contributed by atoms with Crippen molar-refractivity contribution in [3.05, 3.63) is 109 Å². The largest absolute Gasteiger partial charge is 0.394 e. The topological polar surface area (TPSA) is 69.6 Å². The van der Waals surface area contributed by atoms with Gasteiger partial charge in [0.2, 0.25) is 5.91 Å². The summed E-state index contributed by atoms with van der Waals surface area (Å²) in [4.78, 5) is 12.2. The van der Waals surface area contributed by atoms with Crippen molar-refractivity contribution in [2.75, 3.05) is 6.61 Å². The fourth-order valence-electron chi connectivity index (χ4n) is 5.41. The summed E-state index contributed by atoms with van der Waals surface area (Å²) >= 11 is 0. The maximum atomic E-state index is 12.2. The Morgan fingerprint density at radius 1 is 0.490 bits per heavy atom. The van der Waals surface area contributed by atoms with Crippen molar-refractivity contribution in [2.24, 2.45) is 0 Å². The van der Waals surface area contributed by atoms with Crippen LogP contribution in [0.3, 0.4) is 0 Å². The number of carbonyl (C=O) groups excluding carboxylic acids is 1. The third-order valence-electron chi connectivity index (χ3n) is 8.55. The quantitative estimate of drug-likeness (QED) is 0.0454. The molecule has 0 aromatic carbocycles. The maximum absolute atomic E-state index is 12.2. The number of rotatable bonds is 35. The predicted octanol–water partition coefficient (Wildman–Crippen LogP) is 12.8. The van der Waals surface area contributed by atoms with Gasteiger partial charge in [0, 0.05) is 6.42 Å². The predicted molar refractivity (Wildman–Crippen MR) is 225 cm³/mol. The Kier molecular flexibility index (Phi) is 39.1. The Morgan fingerprint density at radius 2 is 0.863 bits per heavy atom. The van der Waals surface area contributed by atoms with Gasteiger partial charge < -0.3 is 15.5 Å². The number of aliphatic hydroxyl groups excluding tert-OH is 2. The van der Waals surface area contributed by atoms with Crippen LogP contribution in [-0.2, 0) is 4.79 Å². The minimum atomic E-state index is -0.667. The zero-order valence-electron chi connectivity index (χ0n) is 32.8. The lowest BCUT2D eigenvalue weighted by molar-refractivity contribution is -0.123. The fraction of sp³-hybridized carbons (Fsp3) is 0.596. The molecule has 0 spiro atoms. The molecule has 0 saturated carbocycles. The molecule has 0 fully saturated rings. The molecule has 1 amide bonds. The van der Waals surface area contributed by atoms with E-state index in [1.165, 1.54) is 25.7 Å². The lowest BCUT2D eigenvalue weighted by Gasteiger charge is -2.22. The maximum Gasteiger partial charge on any atom is 0.220 e. The highest BCUT2D eigenvalue weighted by Crippen LogP contribution is 2.12. The van der Waals surface area contributed by atoms with Crippen LogP contribution in [0.5, 0.6) is 0 Å². The molecule has 0 aromatic heterocycles. The van der Waals surface area contributed by atoms with Crippen molar-refractivity contribution in [3.63, 3.8) is 0 Å². The Labute approximate surface area is 315 Å². The summed E-state index contributed by atoms with van der Waals surface area (Å²) in [5, 5.41) is 22.6. The van der Waals surface area contributed by atoms with E-state index in [0.717, 1.165) is 109 Å². The van der Waals surface area contributed by atoms with Gasteiger partial charge in [-0.2, -0.15) is 0 Å². The van der Waals surface area contributed by atoms with Gasteiger partial charge in [0.25, 0.3) is 0 Å². The summed E-state index contributed by atoms with van der Waals surface area (Å²) in [6.07, 6.45) is 63.5. The van der Waals surface area contributed by atoms with E-state index < -0.39 is 12.1 Å². The van der Waals surface area contributed by atoms with Gasteiger partial charge in [-0.05, 0) is 83.5 Å². The molecule has 2 atom stereocenters. The standard InChI is InChI=1S/C47H77NO3/c1-3-5-7-9-10-11-12-13-14-15-16-17-18-19-20-21-22-23-24-25-26-27-28-29-30-31-32-33-34-35-36-37-38-39-41-43-47(51)48-45(44-49)46(50)42-40-8-6-4-2/h5,7,10-11,13-14,16-17,19-20,22-23,25-26,28-29,31-32,45-46,49-50H,3-4,6,8-9,12,15,18,21,24,27,30,33-44H2,1-2H3,(H,48,51)/b7-5-,11-10-,14-13-,17-16-,20-19-,23-22-,26-25-,29-28-,32-31-. The van der Waals surface area contributed by atoms with Crippen LogP contribution in [0.1, 0.15) is 162 Å². The van der Waals surface area contributed by atoms with Crippen LogP contribution >= 0.6 is 0 Å². The van der Waals surface area contributed by atoms with Crippen LogP contribution in [0.15, 0.2) is 109 Å². The number of hydrogen-bond donors (Lipinski definition) is 3. The van der Waals surface area contributed by atoms with Gasteiger partial charge in [-0.1, -0.05) is 181 Å². The van der Waals surface area contributed by atoms with Crippen molar-refractivity contribution < 1.29 is 15.0 Å². The number of hydrogen-bond acceptors (Lipinski definition) is 3. The average molecular weight is 704 g/mol. The first-order valence-electron chi connectivity index (χ1n) is 20.6. The highest BCUT2D eigenvalue weighted by atomic mass is 16.3. The molecule has 51 heavy (non-hydrogen) atoms. The van der Waals surface area contributed by atoms with Crippen molar-refractivity contribution in [2.45, 2.75) is 174 Å². The Hall–Kier alpha value is -2.95. The number of nitrogens with one attached hydrogen (secondary N) is 1. The fourth-order valence-corrected chi connectivity index (χ4v) is 5.41. The zero-order valence-corrected chi connectivity index (χ0v) is 32.8. The average Bonchev–Trinajstić information content (AvgIpc) is 3.13. The van der Waals surface area contributed by atoms with E-state index in [2.05, 4.69) is 129 Å². The molecule has 2 unspecified atom stereocenters. The van der Waals surface area contributed by atoms with E-state index in [1.54, 1.807) is 0 Å². The minimum Gasteiger partial charge on any atom is -0.394 e. The van der Waals surface area contributed by atoms with Gasteiger partial charge in [0.1, 0.15) is 0 Å². The Morgan fingerprint density at radius 3 is 1.27 bits per heavy atom. The van der Waals surface area contributed by atoms with E-state index in [1.807, 2.05) is 0 Å². The van der Waals surface area contributed by atoms with Gasteiger partial charge in [-0.3, -0.25) is 4.79 Å². The van der Waals surface area contributed by atoms with Gasteiger partial charge in [-0.15, -0.1) is 0 Å². The molecular formula is C47H77NO3. The van der Waals surface area contributed by atoms with Crippen LogP contribution in [0.4, 0.5) is 0 Å². The first kappa shape index (κ1) is 48.0. The van der Waals surface area contributed by atoms with E-state index in [-0.39, 0.29) is 12.5 Å². The molecule has 0 saturated heterocycles. The van der Waals surface area contributed by atoms with Gasteiger partial charge in [0.05, 0.1) is 18.8 Å². The molecule has 0 rings (SSSR count). The minimum absolute atomic E-state index is 0.0587. The molecular weight excluding hydrogens is 627 g/mol. The molecule has 0 heterocycles. The molecule has 4 heteroatoms. The van der Waals surface area contributed by atoms with Crippen LogP contribution in [0.2, 0.25) is 0 Å². The molecule has 288 valence electrons. The van der Waals surface area contributed by atoms with Crippen molar-refractivity contribution in [3.8, 4) is 0 Å². The third-order valence-corrected chi connectivity index (χ3v) is 8.55. The Bertz CT molecular complexity index is 1030. The number of unbranched alkanes of at least 4 members (excludes halogenated alkanes) is 10. The number of aliphatic hydroxyl groups is 2. The summed E-state index contributed by atoms with van der Waals surface area (Å²) in [5.74, 6) is -0.0587. The van der Waals surface area contributed by atoms with Crippen molar-refractivity contribution >= 4 is 5.91 Å². The summed E-state index contributed by atoms with van der Waals surface area (Å²) in [5.41, 5.74) is 0. The first-order chi connectivity index (χ1) is 25.2. The lowest BCUT2D eigenvalue weighted by atomic mass is 10.0. The number of carbonyl (C=O) groups is 1.